The van der Waals surface area contributed by atoms with Gasteiger partial charge in [0.2, 0.25) is 0 Å². The monoisotopic (exact) mass is 359 g/mol. The smallest absolute Gasteiger partial charge is 0.291 e. The first kappa shape index (κ1) is 16.8. The molecule has 0 spiro atoms. The molecular formula is C21H17N3O3. The summed E-state index contributed by atoms with van der Waals surface area (Å²) in [5.74, 6) is -0.163. The quantitative estimate of drug-likeness (QED) is 0.582. The lowest BCUT2D eigenvalue weighted by Crippen LogP contribution is -2.14. The molecule has 134 valence electrons. The first-order valence-electron chi connectivity index (χ1n) is 8.52. The van der Waals surface area contributed by atoms with E-state index in [0.717, 1.165) is 16.6 Å². The maximum atomic E-state index is 12.3. The van der Waals surface area contributed by atoms with Gasteiger partial charge in [-0.1, -0.05) is 35.9 Å². The Hall–Kier alpha value is -3.67. The Morgan fingerprint density at radius 3 is 2.78 bits per heavy atom. The van der Waals surface area contributed by atoms with Crippen molar-refractivity contribution >= 4 is 22.4 Å². The van der Waals surface area contributed by atoms with E-state index in [4.69, 9.17) is 4.42 Å². The molecule has 0 saturated carbocycles. The van der Waals surface area contributed by atoms with Crippen LogP contribution in [0, 0.1) is 6.92 Å². The van der Waals surface area contributed by atoms with Crippen LogP contribution in [0.3, 0.4) is 0 Å². The molecule has 4 aromatic rings. The molecule has 0 aliphatic heterocycles. The molecule has 27 heavy (non-hydrogen) atoms. The minimum Gasteiger partial charge on any atom is -0.459 e. The number of nitrogens with zero attached hydrogens (tertiary/aromatic N) is 1. The van der Waals surface area contributed by atoms with Crippen LogP contribution in [0.25, 0.3) is 10.8 Å². The molecule has 4 rings (SSSR count). The van der Waals surface area contributed by atoms with Gasteiger partial charge in [0, 0.05) is 17.5 Å². The zero-order valence-corrected chi connectivity index (χ0v) is 14.7. The number of aromatic nitrogens is 2. The van der Waals surface area contributed by atoms with Crippen LogP contribution < -0.4 is 10.9 Å². The van der Waals surface area contributed by atoms with Gasteiger partial charge in [-0.25, -0.2) is 5.10 Å². The summed E-state index contributed by atoms with van der Waals surface area (Å²) in [6, 6.07) is 16.6. The van der Waals surface area contributed by atoms with Crippen LogP contribution in [0.15, 0.2) is 70.1 Å². The van der Waals surface area contributed by atoms with Gasteiger partial charge in [-0.3, -0.25) is 9.59 Å². The van der Waals surface area contributed by atoms with Gasteiger partial charge < -0.3 is 9.73 Å². The Morgan fingerprint density at radius 2 is 2.00 bits per heavy atom. The van der Waals surface area contributed by atoms with Crippen molar-refractivity contribution in [2.45, 2.75) is 13.3 Å². The number of hydrogen-bond donors (Lipinski definition) is 2. The van der Waals surface area contributed by atoms with Crippen LogP contribution in [0.2, 0.25) is 0 Å². The lowest BCUT2D eigenvalue weighted by molar-refractivity contribution is 0.0996. The molecule has 2 aromatic heterocycles. The highest BCUT2D eigenvalue weighted by Gasteiger charge is 2.12. The van der Waals surface area contributed by atoms with E-state index in [1.807, 2.05) is 25.1 Å². The lowest BCUT2D eigenvalue weighted by Gasteiger charge is -2.08. The number of hydrogen-bond acceptors (Lipinski definition) is 4. The lowest BCUT2D eigenvalue weighted by atomic mass is 10.0. The van der Waals surface area contributed by atoms with E-state index in [9.17, 15) is 9.59 Å². The molecule has 0 bridgehead atoms. The molecule has 0 aliphatic rings. The predicted molar refractivity (Wildman–Crippen MR) is 103 cm³/mol. The molecule has 6 heteroatoms. The summed E-state index contributed by atoms with van der Waals surface area (Å²) in [4.78, 5) is 24.4. The van der Waals surface area contributed by atoms with E-state index in [0.29, 0.717) is 17.5 Å². The van der Waals surface area contributed by atoms with Crippen molar-refractivity contribution in [2.75, 3.05) is 5.32 Å². The number of benzene rings is 2. The molecule has 1 amide bonds. The molecular weight excluding hydrogens is 342 g/mol. The summed E-state index contributed by atoms with van der Waals surface area (Å²) in [5.41, 5.74) is 3.28. The molecule has 0 atom stereocenters. The van der Waals surface area contributed by atoms with Gasteiger partial charge in [-0.15, -0.1) is 0 Å². The third-order valence-corrected chi connectivity index (χ3v) is 4.32. The number of furan rings is 1. The maximum Gasteiger partial charge on any atom is 0.291 e. The Balaban J connectivity index is 1.68. The molecule has 0 radical (unpaired) electrons. The molecule has 0 unspecified atom stereocenters. The summed E-state index contributed by atoms with van der Waals surface area (Å²) in [7, 11) is 0. The number of carbonyl (C=O) groups excluding carboxylic acids is 1. The van der Waals surface area contributed by atoms with Crippen LogP contribution in [-0.2, 0) is 6.42 Å². The van der Waals surface area contributed by atoms with E-state index < -0.39 is 0 Å². The van der Waals surface area contributed by atoms with Gasteiger partial charge >= 0.3 is 0 Å². The number of fused-ring (bicyclic) bond motifs is 1. The van der Waals surface area contributed by atoms with Crippen molar-refractivity contribution in [2.24, 2.45) is 0 Å². The summed E-state index contributed by atoms with van der Waals surface area (Å²) < 4.78 is 5.08. The number of amides is 1. The van der Waals surface area contributed by atoms with Gasteiger partial charge in [-0.2, -0.15) is 5.10 Å². The van der Waals surface area contributed by atoms with Crippen molar-refractivity contribution in [3.63, 3.8) is 0 Å². The Bertz CT molecular complexity index is 1180. The van der Waals surface area contributed by atoms with Crippen molar-refractivity contribution in [1.82, 2.24) is 10.2 Å². The van der Waals surface area contributed by atoms with Gasteiger partial charge in [0.05, 0.1) is 17.3 Å². The SMILES string of the molecule is Cc1cccc(Cc2n[nH]c(=O)c3cc(NC(=O)c4ccco4)ccc23)c1. The fraction of sp³-hybridized carbons (Fsp3) is 0.0952. The van der Waals surface area contributed by atoms with Gasteiger partial charge in [0.1, 0.15) is 0 Å². The number of aryl methyl sites for hydroxylation is 1. The number of carbonyl (C=O) groups is 1. The zero-order valence-electron chi connectivity index (χ0n) is 14.7. The van der Waals surface area contributed by atoms with Gasteiger partial charge in [-0.05, 0) is 36.8 Å². The van der Waals surface area contributed by atoms with Crippen molar-refractivity contribution < 1.29 is 9.21 Å². The second-order valence-corrected chi connectivity index (χ2v) is 6.36. The fourth-order valence-electron chi connectivity index (χ4n) is 3.05. The molecule has 2 heterocycles. The molecule has 2 N–H and O–H groups in total. The van der Waals surface area contributed by atoms with Crippen LogP contribution in [0.1, 0.15) is 27.4 Å². The summed E-state index contributed by atoms with van der Waals surface area (Å²) in [5, 5.41) is 10.7. The molecule has 0 fully saturated rings. The van der Waals surface area contributed by atoms with Crippen LogP contribution >= 0.6 is 0 Å². The molecule has 0 saturated heterocycles. The third kappa shape index (κ3) is 3.50. The van der Waals surface area contributed by atoms with Gasteiger partial charge in [0.25, 0.3) is 11.5 Å². The first-order chi connectivity index (χ1) is 13.1. The summed E-state index contributed by atoms with van der Waals surface area (Å²) >= 11 is 0. The second-order valence-electron chi connectivity index (χ2n) is 6.36. The first-order valence-corrected chi connectivity index (χ1v) is 8.52. The molecule has 2 aromatic carbocycles. The minimum absolute atomic E-state index is 0.207. The van der Waals surface area contributed by atoms with E-state index in [1.54, 1.807) is 30.3 Å². The Kier molecular flexibility index (Phi) is 4.30. The maximum absolute atomic E-state index is 12.3. The standard InChI is InChI=1S/C21H17N3O3/c1-13-4-2-5-14(10-13)11-18-16-8-7-15(12-17(16)20(25)24-23-18)22-21(26)19-6-3-9-27-19/h2-10,12H,11H2,1H3,(H,22,26)(H,24,25). The predicted octanol–water partition coefficient (Wildman–Crippen LogP) is 3.67. The largest absolute Gasteiger partial charge is 0.459 e. The van der Waals surface area contributed by atoms with E-state index in [1.165, 1.54) is 11.8 Å². The number of aromatic amines is 1. The van der Waals surface area contributed by atoms with Crippen molar-refractivity contribution in [1.29, 1.82) is 0 Å². The topological polar surface area (TPSA) is 88.0 Å². The number of anilines is 1. The normalized spacial score (nSPS) is 10.9. The van der Waals surface area contributed by atoms with Crippen LogP contribution in [0.4, 0.5) is 5.69 Å². The summed E-state index contributed by atoms with van der Waals surface area (Å²) in [6.07, 6.45) is 2.04. The zero-order chi connectivity index (χ0) is 18.8. The van der Waals surface area contributed by atoms with Crippen molar-refractivity contribution in [3.05, 3.63) is 93.8 Å². The molecule has 0 aliphatic carbocycles. The van der Waals surface area contributed by atoms with E-state index >= 15 is 0 Å². The van der Waals surface area contributed by atoms with Crippen LogP contribution in [0.5, 0.6) is 0 Å². The van der Waals surface area contributed by atoms with Gasteiger partial charge in [0.15, 0.2) is 5.76 Å². The average molecular weight is 359 g/mol. The highest BCUT2D eigenvalue weighted by atomic mass is 16.3. The van der Waals surface area contributed by atoms with E-state index in [-0.39, 0.29) is 17.2 Å². The molecule has 6 nitrogen and oxygen atoms in total. The van der Waals surface area contributed by atoms with Crippen molar-refractivity contribution in [3.8, 4) is 0 Å². The number of rotatable bonds is 4. The average Bonchev–Trinajstić information content (AvgIpc) is 3.19. The minimum atomic E-state index is -0.371. The Morgan fingerprint density at radius 1 is 1.11 bits per heavy atom. The highest BCUT2D eigenvalue weighted by Crippen LogP contribution is 2.21. The highest BCUT2D eigenvalue weighted by molar-refractivity contribution is 6.03. The Labute approximate surface area is 154 Å². The number of H-pyrrole nitrogens is 1. The summed E-state index contributed by atoms with van der Waals surface area (Å²) in [6.45, 7) is 2.04. The van der Waals surface area contributed by atoms with Crippen LogP contribution in [-0.4, -0.2) is 16.1 Å². The van der Waals surface area contributed by atoms with E-state index in [2.05, 4.69) is 21.6 Å². The number of nitrogens with one attached hydrogen (secondary N) is 2. The second kappa shape index (κ2) is 6.92. The fourth-order valence-corrected chi connectivity index (χ4v) is 3.05. The third-order valence-electron chi connectivity index (χ3n) is 4.32.